The van der Waals surface area contributed by atoms with Crippen LogP contribution in [0, 0.1) is 5.53 Å². The van der Waals surface area contributed by atoms with Gasteiger partial charge in [-0.1, -0.05) is 84.9 Å². The fourth-order valence-electron chi connectivity index (χ4n) is 3.43. The molecule has 148 valence electrons. The summed E-state index contributed by atoms with van der Waals surface area (Å²) in [6.45, 7) is 0.848. The van der Waals surface area contributed by atoms with Gasteiger partial charge in [-0.05, 0) is 28.7 Å². The number of hydrogen-bond acceptors (Lipinski definition) is 4. The van der Waals surface area contributed by atoms with E-state index in [4.69, 9.17) is 16.0 Å². The molecule has 3 aromatic rings. The zero-order valence-corrected chi connectivity index (χ0v) is 16.3. The van der Waals surface area contributed by atoms with Crippen LogP contribution in [0.1, 0.15) is 35.1 Å². The van der Waals surface area contributed by atoms with Gasteiger partial charge in [0, 0.05) is 13.0 Å². The van der Waals surface area contributed by atoms with Crippen molar-refractivity contribution in [3.8, 4) is 0 Å². The minimum Gasteiger partial charge on any atom is -0.361 e. The van der Waals surface area contributed by atoms with Crippen LogP contribution in [-0.4, -0.2) is 5.91 Å². The van der Waals surface area contributed by atoms with Crippen molar-refractivity contribution in [3.05, 3.63) is 107 Å². The van der Waals surface area contributed by atoms with E-state index < -0.39 is 11.5 Å². The van der Waals surface area contributed by atoms with Crippen LogP contribution in [0.15, 0.2) is 90.0 Å². The van der Waals surface area contributed by atoms with Crippen molar-refractivity contribution in [2.24, 2.45) is 10.8 Å². The lowest BCUT2D eigenvalue weighted by Crippen LogP contribution is -2.32. The molecule has 0 spiro atoms. The molecule has 29 heavy (non-hydrogen) atoms. The smallest absolute Gasteiger partial charge is 0.264 e. The molecular formula is C24H25N3O2. The number of nitrogens with two attached hydrogens (primary N) is 1. The number of carbonyl (C=O) groups is 1. The average molecular weight is 387 g/mol. The maximum Gasteiger partial charge on any atom is 0.264 e. The van der Waals surface area contributed by atoms with Gasteiger partial charge in [-0.3, -0.25) is 4.79 Å². The summed E-state index contributed by atoms with van der Waals surface area (Å²) in [5.74, 6) is -0.466. The summed E-state index contributed by atoms with van der Waals surface area (Å²) in [5, 5.41) is 3.06. The predicted octanol–water partition coefficient (Wildman–Crippen LogP) is 4.94. The third-order valence-electron chi connectivity index (χ3n) is 5.04. The van der Waals surface area contributed by atoms with E-state index in [1.807, 2.05) is 84.9 Å². The largest absolute Gasteiger partial charge is 0.361 e. The number of benzene rings is 3. The molecule has 0 aliphatic rings. The minimum absolute atomic E-state index is 0.117. The lowest BCUT2D eigenvalue weighted by atomic mass is 9.81. The van der Waals surface area contributed by atoms with Gasteiger partial charge in [0.2, 0.25) is 0 Å². The number of nitrogens with zero attached hydrogens (tertiary/aromatic N) is 1. The Hall–Kier alpha value is -3.15. The number of nitrogens with one attached hydrogen (secondary N) is 1. The maximum atomic E-state index is 11.9. The Morgan fingerprint density at radius 2 is 1.45 bits per heavy atom. The molecule has 1 amide bonds. The van der Waals surface area contributed by atoms with Gasteiger partial charge >= 0.3 is 0 Å². The van der Waals surface area contributed by atoms with Crippen LogP contribution >= 0.6 is 0 Å². The first-order chi connectivity index (χ1) is 14.2. The van der Waals surface area contributed by atoms with Crippen molar-refractivity contribution in [2.45, 2.75) is 31.6 Å². The van der Waals surface area contributed by atoms with E-state index >= 15 is 0 Å². The number of hydrogen-bond donors (Lipinski definition) is 2. The molecule has 3 rings (SSSR count). The highest BCUT2D eigenvalue weighted by molar-refractivity contribution is 5.76. The Balaban J connectivity index is 2.05. The summed E-state index contributed by atoms with van der Waals surface area (Å²) in [6.07, 6.45) is 0.499. The molecule has 3 aromatic carbocycles. The van der Waals surface area contributed by atoms with Crippen molar-refractivity contribution in [1.29, 1.82) is 5.53 Å². The van der Waals surface area contributed by atoms with E-state index in [-0.39, 0.29) is 6.42 Å². The molecule has 1 unspecified atom stereocenters. The molecule has 0 radical (unpaired) electrons. The molecule has 1 atom stereocenters. The second-order valence-corrected chi connectivity index (χ2v) is 6.87. The van der Waals surface area contributed by atoms with E-state index in [1.54, 1.807) is 0 Å². The minimum atomic E-state index is -0.843. The van der Waals surface area contributed by atoms with Crippen LogP contribution in [-0.2, 0) is 28.3 Å². The van der Waals surface area contributed by atoms with Gasteiger partial charge in [-0.25, -0.2) is 5.53 Å². The van der Waals surface area contributed by atoms with Crippen LogP contribution in [0.5, 0.6) is 0 Å². The van der Waals surface area contributed by atoms with Gasteiger partial charge in [-0.2, -0.15) is 0 Å². The summed E-state index contributed by atoms with van der Waals surface area (Å²) >= 11 is 0. The van der Waals surface area contributed by atoms with Crippen LogP contribution < -0.4 is 5.73 Å². The lowest BCUT2D eigenvalue weighted by molar-refractivity contribution is -0.120. The van der Waals surface area contributed by atoms with Crippen molar-refractivity contribution in [1.82, 2.24) is 0 Å². The first kappa shape index (κ1) is 20.6. The number of carbonyl (C=O) groups excluding carboxylic acids is 1. The van der Waals surface area contributed by atoms with Gasteiger partial charge in [0.25, 0.3) is 5.91 Å². The topological polar surface area (TPSA) is 88.5 Å². The lowest BCUT2D eigenvalue weighted by Gasteiger charge is -2.35. The molecule has 3 N–H and O–H groups in total. The number of amides is 1. The zero-order valence-electron chi connectivity index (χ0n) is 16.3. The van der Waals surface area contributed by atoms with E-state index in [0.717, 1.165) is 22.3 Å². The summed E-state index contributed by atoms with van der Waals surface area (Å²) in [7, 11) is 0. The highest BCUT2D eigenvalue weighted by Crippen LogP contribution is 2.39. The average Bonchev–Trinajstić information content (AvgIpc) is 2.80. The SMILES string of the molecule is N=NC(=O)CCC(OCc1ccccc1)(c1ccccc1)c1ccc(CN)cc1. The second kappa shape index (κ2) is 9.87. The summed E-state index contributed by atoms with van der Waals surface area (Å²) in [5.41, 5.74) is 15.9. The van der Waals surface area contributed by atoms with Gasteiger partial charge < -0.3 is 10.5 Å². The molecule has 0 heterocycles. The quantitative estimate of drug-likeness (QED) is 0.510. The highest BCUT2D eigenvalue weighted by Gasteiger charge is 2.36. The molecule has 0 saturated heterocycles. The van der Waals surface area contributed by atoms with Gasteiger partial charge in [0.1, 0.15) is 5.60 Å². The monoisotopic (exact) mass is 387 g/mol. The van der Waals surface area contributed by atoms with Gasteiger partial charge in [0.15, 0.2) is 0 Å². The molecule has 0 bridgehead atoms. The summed E-state index contributed by atoms with van der Waals surface area (Å²) in [4.78, 5) is 11.9. The molecule has 0 fully saturated rings. The Morgan fingerprint density at radius 3 is 2.03 bits per heavy atom. The predicted molar refractivity (Wildman–Crippen MR) is 112 cm³/mol. The van der Waals surface area contributed by atoms with Crippen LogP contribution in [0.2, 0.25) is 0 Å². The first-order valence-electron chi connectivity index (χ1n) is 9.61. The Morgan fingerprint density at radius 1 is 0.862 bits per heavy atom. The molecule has 0 aliphatic heterocycles. The molecule has 0 aromatic heterocycles. The standard InChI is InChI=1S/C24H25N3O2/c25-17-19-11-13-22(14-12-19)24(16-15-23(28)27-26,21-9-5-2-6-10-21)29-18-20-7-3-1-4-8-20/h1-14,26H,15-18,25H2. The fraction of sp³-hybridized carbons (Fsp3) is 0.208. The molecule has 0 aliphatic carbocycles. The first-order valence-corrected chi connectivity index (χ1v) is 9.61. The Labute approximate surface area is 171 Å². The molecule has 5 heteroatoms. The van der Waals surface area contributed by atoms with Crippen molar-refractivity contribution in [2.75, 3.05) is 0 Å². The van der Waals surface area contributed by atoms with Gasteiger partial charge in [0.05, 0.1) is 6.61 Å². The van der Waals surface area contributed by atoms with Crippen LogP contribution in [0.3, 0.4) is 0 Å². The fourth-order valence-corrected chi connectivity index (χ4v) is 3.43. The number of rotatable bonds is 9. The second-order valence-electron chi connectivity index (χ2n) is 6.87. The van der Waals surface area contributed by atoms with Gasteiger partial charge in [-0.15, -0.1) is 5.11 Å². The van der Waals surface area contributed by atoms with Crippen LogP contribution in [0.4, 0.5) is 0 Å². The van der Waals surface area contributed by atoms with Crippen molar-refractivity contribution in [3.63, 3.8) is 0 Å². The summed E-state index contributed by atoms with van der Waals surface area (Å²) in [6, 6.07) is 27.8. The molecule has 5 nitrogen and oxygen atoms in total. The van der Waals surface area contributed by atoms with E-state index in [2.05, 4.69) is 5.11 Å². The van der Waals surface area contributed by atoms with E-state index in [0.29, 0.717) is 19.6 Å². The Kier molecular flexibility index (Phi) is 7.00. The third kappa shape index (κ3) is 5.02. The van der Waals surface area contributed by atoms with Crippen molar-refractivity contribution >= 4 is 5.91 Å². The van der Waals surface area contributed by atoms with Crippen LogP contribution in [0.25, 0.3) is 0 Å². The third-order valence-corrected chi connectivity index (χ3v) is 5.04. The highest BCUT2D eigenvalue weighted by atomic mass is 16.5. The normalized spacial score (nSPS) is 12.9. The molecule has 0 saturated carbocycles. The van der Waals surface area contributed by atoms with Crippen molar-refractivity contribution < 1.29 is 9.53 Å². The van der Waals surface area contributed by atoms with E-state index in [1.165, 1.54) is 0 Å². The zero-order chi connectivity index (χ0) is 20.5. The molecular weight excluding hydrogens is 362 g/mol. The maximum absolute atomic E-state index is 11.9. The number of ether oxygens (including phenoxy) is 1. The summed E-state index contributed by atoms with van der Waals surface area (Å²) < 4.78 is 6.57. The Bertz CT molecular complexity index is 927. The van der Waals surface area contributed by atoms with E-state index in [9.17, 15) is 4.79 Å².